The lowest BCUT2D eigenvalue weighted by molar-refractivity contribution is -0.116. The Balaban J connectivity index is 1.58. The second-order valence-electron chi connectivity index (χ2n) is 5.81. The molecule has 124 valence electrons. The smallest absolute Gasteiger partial charge is 0.253 e. The van der Waals surface area contributed by atoms with Crippen LogP contribution in [0.5, 0.6) is 5.75 Å². The summed E-state index contributed by atoms with van der Waals surface area (Å²) in [6, 6.07) is 15.0. The van der Waals surface area contributed by atoms with Crippen LogP contribution >= 0.6 is 0 Å². The van der Waals surface area contributed by atoms with E-state index in [0.717, 1.165) is 17.0 Å². The topological polar surface area (TPSA) is 58.6 Å². The van der Waals surface area contributed by atoms with Crippen LogP contribution in [-0.2, 0) is 11.2 Å². The molecule has 0 saturated heterocycles. The van der Waals surface area contributed by atoms with Crippen molar-refractivity contribution in [3.63, 3.8) is 0 Å². The molecule has 0 saturated carbocycles. The number of ether oxygens (including phenoxy) is 1. The van der Waals surface area contributed by atoms with Gasteiger partial charge in [-0.2, -0.15) is 0 Å². The van der Waals surface area contributed by atoms with Crippen LogP contribution in [0, 0.1) is 0 Å². The van der Waals surface area contributed by atoms with Gasteiger partial charge in [0.25, 0.3) is 5.91 Å². The van der Waals surface area contributed by atoms with Crippen molar-refractivity contribution in [2.24, 2.45) is 0 Å². The number of likely N-dealkylation sites (N-methyl/N-ethyl adjacent to an activating group) is 1. The number of hydrogen-bond acceptors (Lipinski definition) is 3. The van der Waals surface area contributed by atoms with Gasteiger partial charge in [-0.25, -0.2) is 0 Å². The first kappa shape index (κ1) is 16.1. The highest BCUT2D eigenvalue weighted by Crippen LogP contribution is 2.24. The Kier molecular flexibility index (Phi) is 4.79. The van der Waals surface area contributed by atoms with E-state index in [4.69, 9.17) is 4.74 Å². The Morgan fingerprint density at radius 1 is 1.17 bits per heavy atom. The Morgan fingerprint density at radius 2 is 1.96 bits per heavy atom. The van der Waals surface area contributed by atoms with Crippen LogP contribution in [-0.4, -0.2) is 36.9 Å². The number of anilines is 1. The Morgan fingerprint density at radius 3 is 2.75 bits per heavy atom. The molecule has 5 nitrogen and oxygen atoms in total. The lowest BCUT2D eigenvalue weighted by Crippen LogP contribution is -2.31. The second kappa shape index (κ2) is 7.17. The van der Waals surface area contributed by atoms with Gasteiger partial charge in [-0.15, -0.1) is 0 Å². The third kappa shape index (κ3) is 3.74. The molecule has 0 unspecified atom stereocenters. The molecule has 0 aliphatic carbocycles. The van der Waals surface area contributed by atoms with E-state index in [1.54, 1.807) is 24.1 Å². The minimum atomic E-state index is -0.0497. The van der Waals surface area contributed by atoms with E-state index in [9.17, 15) is 9.59 Å². The quantitative estimate of drug-likeness (QED) is 0.920. The van der Waals surface area contributed by atoms with Crippen LogP contribution in [0.25, 0.3) is 0 Å². The van der Waals surface area contributed by atoms with E-state index in [2.05, 4.69) is 5.32 Å². The highest BCUT2D eigenvalue weighted by Gasteiger charge is 2.18. The molecular formula is C19H20N2O3. The van der Waals surface area contributed by atoms with Crippen molar-refractivity contribution < 1.29 is 14.3 Å². The molecule has 2 amide bonds. The number of fused-ring (bicyclic) bond motifs is 1. The van der Waals surface area contributed by atoms with Gasteiger partial charge >= 0.3 is 0 Å². The summed E-state index contributed by atoms with van der Waals surface area (Å²) in [4.78, 5) is 25.6. The predicted molar refractivity (Wildman–Crippen MR) is 92.3 cm³/mol. The van der Waals surface area contributed by atoms with Gasteiger partial charge < -0.3 is 15.0 Å². The molecule has 1 aliphatic heterocycles. The van der Waals surface area contributed by atoms with Gasteiger partial charge in [-0.1, -0.05) is 18.2 Å². The maximum atomic E-state index is 12.5. The Bertz CT molecular complexity index is 744. The third-order valence-corrected chi connectivity index (χ3v) is 4.03. The highest BCUT2D eigenvalue weighted by atomic mass is 16.5. The lowest BCUT2D eigenvalue weighted by Gasteiger charge is -2.20. The maximum absolute atomic E-state index is 12.5. The number of hydrogen-bond donors (Lipinski definition) is 1. The van der Waals surface area contributed by atoms with Crippen LogP contribution in [0.1, 0.15) is 22.3 Å². The predicted octanol–water partition coefficient (Wildman–Crippen LogP) is 2.72. The molecule has 1 aliphatic rings. The summed E-state index contributed by atoms with van der Waals surface area (Å²) in [6.45, 7) is 0.939. The van der Waals surface area contributed by atoms with Gasteiger partial charge in [-0.3, -0.25) is 9.59 Å². The number of amides is 2. The van der Waals surface area contributed by atoms with Crippen molar-refractivity contribution in [1.29, 1.82) is 0 Å². The average Bonchev–Trinajstić information content (AvgIpc) is 2.61. The summed E-state index contributed by atoms with van der Waals surface area (Å²) in [5.74, 6) is 0.769. The van der Waals surface area contributed by atoms with E-state index in [-0.39, 0.29) is 11.8 Å². The van der Waals surface area contributed by atoms with Crippen LogP contribution in [0.2, 0.25) is 0 Å². The molecule has 3 rings (SSSR count). The standard InChI is InChI=1S/C19H20N2O3/c1-21(11-12-24-16-5-3-2-4-6-16)19(23)15-7-9-17-14(13-15)8-10-18(22)20-17/h2-7,9,13H,8,10-12H2,1H3,(H,20,22). The first-order valence-corrected chi connectivity index (χ1v) is 7.99. The summed E-state index contributed by atoms with van der Waals surface area (Å²) in [6.07, 6.45) is 1.13. The molecular weight excluding hydrogens is 304 g/mol. The van der Waals surface area contributed by atoms with Crippen molar-refractivity contribution in [1.82, 2.24) is 4.90 Å². The molecule has 2 aromatic rings. The summed E-state index contributed by atoms with van der Waals surface area (Å²) in [7, 11) is 1.76. The SMILES string of the molecule is CN(CCOc1ccccc1)C(=O)c1ccc2c(c1)CCC(=O)N2. The lowest BCUT2D eigenvalue weighted by atomic mass is 10.00. The molecule has 24 heavy (non-hydrogen) atoms. The van der Waals surface area contributed by atoms with Gasteiger partial charge in [0.1, 0.15) is 12.4 Å². The molecule has 0 fully saturated rings. The fraction of sp³-hybridized carbons (Fsp3) is 0.263. The van der Waals surface area contributed by atoms with Crippen LogP contribution in [0.3, 0.4) is 0 Å². The molecule has 0 aromatic heterocycles. The number of carbonyl (C=O) groups is 2. The van der Waals surface area contributed by atoms with Crippen molar-refractivity contribution in [2.45, 2.75) is 12.8 Å². The summed E-state index contributed by atoms with van der Waals surface area (Å²) in [5, 5.41) is 2.82. The van der Waals surface area contributed by atoms with Crippen molar-refractivity contribution in [2.75, 3.05) is 25.5 Å². The van der Waals surface area contributed by atoms with E-state index in [1.807, 2.05) is 36.4 Å². The molecule has 0 radical (unpaired) electrons. The Hall–Kier alpha value is -2.82. The third-order valence-electron chi connectivity index (χ3n) is 4.03. The number of nitrogens with zero attached hydrogens (tertiary/aromatic N) is 1. The largest absolute Gasteiger partial charge is 0.492 e. The molecule has 1 N–H and O–H groups in total. The zero-order valence-corrected chi connectivity index (χ0v) is 13.6. The van der Waals surface area contributed by atoms with Gasteiger partial charge in [-0.05, 0) is 42.3 Å². The van der Waals surface area contributed by atoms with Crippen LogP contribution < -0.4 is 10.1 Å². The highest BCUT2D eigenvalue weighted by molar-refractivity contribution is 5.97. The van der Waals surface area contributed by atoms with E-state index in [0.29, 0.717) is 31.6 Å². The number of para-hydroxylation sites is 1. The molecule has 2 aromatic carbocycles. The van der Waals surface area contributed by atoms with Crippen molar-refractivity contribution in [3.05, 3.63) is 59.7 Å². The number of carbonyl (C=O) groups excluding carboxylic acids is 2. The van der Waals surface area contributed by atoms with Crippen LogP contribution in [0.15, 0.2) is 48.5 Å². The second-order valence-corrected chi connectivity index (χ2v) is 5.81. The summed E-state index contributed by atoms with van der Waals surface area (Å²) in [5.41, 5.74) is 2.44. The monoisotopic (exact) mass is 324 g/mol. The van der Waals surface area contributed by atoms with Gasteiger partial charge in [0.15, 0.2) is 0 Å². The van der Waals surface area contributed by atoms with Crippen molar-refractivity contribution >= 4 is 17.5 Å². The number of nitrogens with one attached hydrogen (secondary N) is 1. The molecule has 5 heteroatoms. The van der Waals surface area contributed by atoms with E-state index < -0.39 is 0 Å². The minimum Gasteiger partial charge on any atom is -0.492 e. The number of rotatable bonds is 5. The van der Waals surface area contributed by atoms with Crippen molar-refractivity contribution in [3.8, 4) is 5.75 Å². The minimum absolute atomic E-state index is 0.0248. The zero-order valence-electron chi connectivity index (χ0n) is 13.6. The molecule has 0 bridgehead atoms. The fourth-order valence-electron chi connectivity index (χ4n) is 2.66. The summed E-state index contributed by atoms with van der Waals surface area (Å²) < 4.78 is 5.62. The fourth-order valence-corrected chi connectivity index (χ4v) is 2.66. The number of benzene rings is 2. The normalized spacial score (nSPS) is 13.0. The van der Waals surface area contributed by atoms with Crippen LogP contribution in [0.4, 0.5) is 5.69 Å². The maximum Gasteiger partial charge on any atom is 0.253 e. The van der Waals surface area contributed by atoms with Gasteiger partial charge in [0, 0.05) is 24.7 Å². The first-order valence-electron chi connectivity index (χ1n) is 7.99. The molecule has 1 heterocycles. The number of aryl methyl sites for hydroxylation is 1. The summed E-state index contributed by atoms with van der Waals surface area (Å²) >= 11 is 0. The average molecular weight is 324 g/mol. The molecule has 0 atom stereocenters. The van der Waals surface area contributed by atoms with Gasteiger partial charge in [0.05, 0.1) is 6.54 Å². The van der Waals surface area contributed by atoms with Gasteiger partial charge in [0.2, 0.25) is 5.91 Å². The molecule has 0 spiro atoms. The zero-order chi connectivity index (χ0) is 16.9. The first-order chi connectivity index (χ1) is 11.6. The van der Waals surface area contributed by atoms with E-state index in [1.165, 1.54) is 0 Å². The van der Waals surface area contributed by atoms with E-state index >= 15 is 0 Å². The Labute approximate surface area is 141 Å².